The van der Waals surface area contributed by atoms with E-state index in [0.29, 0.717) is 11.8 Å². The lowest BCUT2D eigenvalue weighted by atomic mass is 9.41. The van der Waals surface area contributed by atoms with Crippen molar-refractivity contribution in [2.75, 3.05) is 0 Å². The van der Waals surface area contributed by atoms with E-state index >= 15 is 0 Å². The Morgan fingerprint density at radius 1 is 0.917 bits per heavy atom. The number of hydrogen-bond acceptors (Lipinski definition) is 2. The molecule has 0 unspecified atom stereocenters. The summed E-state index contributed by atoms with van der Waals surface area (Å²) in [7, 11) is 0. The molecule has 0 saturated heterocycles. The molecule has 4 rings (SSSR count). The Labute approximate surface area is 144 Å². The standard InChI is InChI=1S/C20H30O4/c1-18-7-3-8-19(2,17(23)24)14(18)6-9-20-10-12(4-5-15(18)20)13(11-20)16(21)22/h12-15H,3-11H2,1-2H3,(H,21,22)(H,23,24)/t12-,13-,14+,15+,18-,19+,20+/m1/s1. The number of rotatable bonds is 2. The summed E-state index contributed by atoms with van der Waals surface area (Å²) in [5.74, 6) is -0.282. The zero-order valence-corrected chi connectivity index (χ0v) is 14.9. The maximum atomic E-state index is 12.1. The summed E-state index contributed by atoms with van der Waals surface area (Å²) in [6.07, 6.45) is 8.96. The maximum Gasteiger partial charge on any atom is 0.309 e. The number of fused-ring (bicyclic) bond motifs is 3. The second-order valence-electron chi connectivity index (χ2n) is 9.78. The Morgan fingerprint density at radius 3 is 2.33 bits per heavy atom. The molecule has 4 fully saturated rings. The first-order valence-corrected chi connectivity index (χ1v) is 9.69. The molecule has 2 bridgehead atoms. The Kier molecular flexibility index (Phi) is 3.41. The van der Waals surface area contributed by atoms with E-state index in [1.165, 1.54) is 0 Å². The average molecular weight is 334 g/mol. The Balaban J connectivity index is 1.71. The summed E-state index contributed by atoms with van der Waals surface area (Å²) >= 11 is 0. The highest BCUT2D eigenvalue weighted by Crippen LogP contribution is 2.72. The molecule has 1 spiro atoms. The van der Waals surface area contributed by atoms with Crippen LogP contribution in [0.25, 0.3) is 0 Å². The minimum atomic E-state index is -0.627. The normalized spacial score (nSPS) is 53.1. The monoisotopic (exact) mass is 334 g/mol. The number of carboxylic acid groups (broad SMARTS) is 2. The molecule has 7 atom stereocenters. The largest absolute Gasteiger partial charge is 0.481 e. The predicted octanol–water partition coefficient (Wildman–Crippen LogP) is 4.18. The SMILES string of the molecule is C[C@@]12CCC[C@](C)(C(=O)O)[C@H]1CC[C@@]13C[C@@H](CC[C@H]12)[C@H](C(=O)O)C3. The second kappa shape index (κ2) is 4.98. The number of carboxylic acids is 2. The van der Waals surface area contributed by atoms with E-state index in [9.17, 15) is 19.8 Å². The van der Waals surface area contributed by atoms with Crippen LogP contribution in [0.3, 0.4) is 0 Å². The number of carbonyl (C=O) groups is 2. The van der Waals surface area contributed by atoms with Crippen molar-refractivity contribution in [1.29, 1.82) is 0 Å². The van der Waals surface area contributed by atoms with Gasteiger partial charge in [0, 0.05) is 0 Å². The summed E-state index contributed by atoms with van der Waals surface area (Å²) in [6.45, 7) is 4.31. The van der Waals surface area contributed by atoms with Gasteiger partial charge in [0.15, 0.2) is 0 Å². The average Bonchev–Trinajstić information content (AvgIpc) is 2.78. The van der Waals surface area contributed by atoms with Gasteiger partial charge in [-0.1, -0.05) is 13.3 Å². The molecule has 0 aromatic rings. The molecule has 4 heteroatoms. The lowest BCUT2D eigenvalue weighted by Gasteiger charge is -2.63. The predicted molar refractivity (Wildman–Crippen MR) is 89.4 cm³/mol. The van der Waals surface area contributed by atoms with Crippen LogP contribution in [-0.2, 0) is 9.59 Å². The molecular weight excluding hydrogens is 304 g/mol. The molecule has 0 radical (unpaired) electrons. The molecule has 4 aliphatic rings. The summed E-state index contributed by atoms with van der Waals surface area (Å²) in [4.78, 5) is 23.7. The molecule has 0 heterocycles. The Bertz CT molecular complexity index is 586. The van der Waals surface area contributed by atoms with Crippen molar-refractivity contribution in [1.82, 2.24) is 0 Å². The highest BCUT2D eigenvalue weighted by Gasteiger charge is 2.66. The number of hydrogen-bond donors (Lipinski definition) is 2. The Hall–Kier alpha value is -1.06. The summed E-state index contributed by atoms with van der Waals surface area (Å²) in [5.41, 5.74) is -0.355. The minimum absolute atomic E-state index is 0.0714. The highest BCUT2D eigenvalue weighted by atomic mass is 16.4. The first-order valence-electron chi connectivity index (χ1n) is 9.69. The maximum absolute atomic E-state index is 12.1. The van der Waals surface area contributed by atoms with Gasteiger partial charge in [-0.3, -0.25) is 9.59 Å². The van der Waals surface area contributed by atoms with Crippen molar-refractivity contribution in [3.05, 3.63) is 0 Å². The van der Waals surface area contributed by atoms with E-state index < -0.39 is 17.4 Å². The van der Waals surface area contributed by atoms with Gasteiger partial charge < -0.3 is 10.2 Å². The van der Waals surface area contributed by atoms with Crippen LogP contribution in [0.1, 0.15) is 71.6 Å². The summed E-state index contributed by atoms with van der Waals surface area (Å²) < 4.78 is 0. The van der Waals surface area contributed by atoms with Crippen molar-refractivity contribution in [3.8, 4) is 0 Å². The molecule has 0 aromatic carbocycles. The molecule has 0 aromatic heterocycles. The zero-order valence-electron chi connectivity index (χ0n) is 14.9. The van der Waals surface area contributed by atoms with Crippen molar-refractivity contribution in [2.45, 2.75) is 71.6 Å². The fraction of sp³-hybridized carbons (Fsp3) is 0.900. The van der Waals surface area contributed by atoms with Gasteiger partial charge in [0.2, 0.25) is 0 Å². The van der Waals surface area contributed by atoms with Gasteiger partial charge in [0.25, 0.3) is 0 Å². The van der Waals surface area contributed by atoms with Gasteiger partial charge >= 0.3 is 11.9 Å². The fourth-order valence-corrected chi connectivity index (χ4v) is 7.99. The zero-order chi connectivity index (χ0) is 17.3. The highest BCUT2D eigenvalue weighted by molar-refractivity contribution is 5.75. The van der Waals surface area contributed by atoms with Crippen LogP contribution in [-0.4, -0.2) is 22.2 Å². The van der Waals surface area contributed by atoms with Gasteiger partial charge in [0.1, 0.15) is 0 Å². The van der Waals surface area contributed by atoms with Crippen molar-refractivity contribution >= 4 is 11.9 Å². The van der Waals surface area contributed by atoms with Crippen LogP contribution in [0, 0.1) is 39.9 Å². The van der Waals surface area contributed by atoms with E-state index in [1.807, 2.05) is 6.92 Å². The van der Waals surface area contributed by atoms with Gasteiger partial charge in [-0.15, -0.1) is 0 Å². The smallest absolute Gasteiger partial charge is 0.309 e. The molecular formula is C20H30O4. The van der Waals surface area contributed by atoms with Crippen molar-refractivity contribution < 1.29 is 19.8 Å². The van der Waals surface area contributed by atoms with Crippen molar-refractivity contribution in [3.63, 3.8) is 0 Å². The molecule has 0 aliphatic heterocycles. The molecule has 4 nitrogen and oxygen atoms in total. The van der Waals surface area contributed by atoms with Crippen LogP contribution < -0.4 is 0 Å². The van der Waals surface area contributed by atoms with Crippen LogP contribution in [0.15, 0.2) is 0 Å². The number of aliphatic carboxylic acids is 2. The van der Waals surface area contributed by atoms with Crippen LogP contribution in [0.2, 0.25) is 0 Å². The molecule has 134 valence electrons. The second-order valence-corrected chi connectivity index (χ2v) is 9.78. The third-order valence-corrected chi connectivity index (χ3v) is 8.94. The van der Waals surface area contributed by atoms with E-state index in [0.717, 1.165) is 57.8 Å². The molecule has 4 saturated carbocycles. The third-order valence-electron chi connectivity index (χ3n) is 8.94. The minimum Gasteiger partial charge on any atom is -0.481 e. The van der Waals surface area contributed by atoms with Gasteiger partial charge in [-0.25, -0.2) is 0 Å². The van der Waals surface area contributed by atoms with Crippen LogP contribution >= 0.6 is 0 Å². The summed E-state index contributed by atoms with van der Waals surface area (Å²) in [6, 6.07) is 0. The quantitative estimate of drug-likeness (QED) is 0.794. The van der Waals surface area contributed by atoms with E-state index in [1.54, 1.807) is 0 Å². The van der Waals surface area contributed by atoms with Crippen LogP contribution in [0.4, 0.5) is 0 Å². The van der Waals surface area contributed by atoms with Crippen LogP contribution in [0.5, 0.6) is 0 Å². The Morgan fingerprint density at radius 2 is 1.67 bits per heavy atom. The van der Waals surface area contributed by atoms with Gasteiger partial charge in [-0.2, -0.15) is 0 Å². The van der Waals surface area contributed by atoms with E-state index in [-0.39, 0.29) is 22.7 Å². The fourth-order valence-electron chi connectivity index (χ4n) is 7.99. The third kappa shape index (κ3) is 1.91. The summed E-state index contributed by atoms with van der Waals surface area (Å²) in [5, 5.41) is 19.5. The topological polar surface area (TPSA) is 74.6 Å². The molecule has 2 N–H and O–H groups in total. The first-order chi connectivity index (χ1) is 11.2. The van der Waals surface area contributed by atoms with E-state index in [2.05, 4.69) is 6.92 Å². The van der Waals surface area contributed by atoms with Crippen molar-refractivity contribution in [2.24, 2.45) is 39.9 Å². The molecule has 4 aliphatic carbocycles. The van der Waals surface area contributed by atoms with Gasteiger partial charge in [-0.05, 0) is 86.9 Å². The molecule has 0 amide bonds. The van der Waals surface area contributed by atoms with E-state index in [4.69, 9.17) is 0 Å². The lowest BCUT2D eigenvalue weighted by Crippen LogP contribution is -2.58. The first kappa shape index (κ1) is 16.4. The molecule has 24 heavy (non-hydrogen) atoms. The lowest BCUT2D eigenvalue weighted by molar-refractivity contribution is -0.181. The van der Waals surface area contributed by atoms with Gasteiger partial charge in [0.05, 0.1) is 11.3 Å².